The average molecular weight is 219 g/mol. The van der Waals surface area contributed by atoms with Crippen molar-refractivity contribution in [3.63, 3.8) is 0 Å². The first-order chi connectivity index (χ1) is 7.41. The van der Waals surface area contributed by atoms with Gasteiger partial charge in [-0.05, 0) is 20.8 Å². The molecule has 2 heterocycles. The van der Waals surface area contributed by atoms with E-state index in [-0.39, 0.29) is 5.54 Å². The highest BCUT2D eigenvalue weighted by molar-refractivity contribution is 5.40. The molecule has 2 aromatic rings. The first-order valence-corrected chi connectivity index (χ1v) is 5.22. The molecule has 86 valence electrons. The Labute approximate surface area is 94.9 Å². The van der Waals surface area contributed by atoms with E-state index in [9.17, 15) is 0 Å². The Morgan fingerprint density at radius 2 is 2.00 bits per heavy atom. The van der Waals surface area contributed by atoms with Gasteiger partial charge < -0.3 is 10.3 Å². The summed E-state index contributed by atoms with van der Waals surface area (Å²) in [4.78, 5) is 4.36. The number of hydrogen-bond acceptors (Lipinski definition) is 3. The van der Waals surface area contributed by atoms with Gasteiger partial charge in [0.1, 0.15) is 5.54 Å². The number of imidazole rings is 1. The van der Waals surface area contributed by atoms with Gasteiger partial charge in [-0.3, -0.25) is 4.68 Å². The fraction of sp³-hybridized carbons (Fsp3) is 0.455. The molecule has 0 fully saturated rings. The Balaban J connectivity index is 2.45. The van der Waals surface area contributed by atoms with Crippen LogP contribution in [0.5, 0.6) is 0 Å². The van der Waals surface area contributed by atoms with E-state index >= 15 is 0 Å². The lowest BCUT2D eigenvalue weighted by Gasteiger charge is -2.23. The second-order valence-electron chi connectivity index (χ2n) is 4.60. The van der Waals surface area contributed by atoms with Gasteiger partial charge in [0.05, 0.1) is 23.4 Å². The number of nitrogens with zero attached hydrogens (tertiary/aromatic N) is 4. The van der Waals surface area contributed by atoms with E-state index in [2.05, 4.69) is 23.9 Å². The van der Waals surface area contributed by atoms with Gasteiger partial charge in [-0.1, -0.05) is 0 Å². The standard InChI is InChI=1S/C11H17N5/c1-8-9(12)5-16(14-8)11(2,3)10-6-15(4)7-13-10/h5-7H,12H2,1-4H3. The van der Waals surface area contributed by atoms with Gasteiger partial charge in [-0.2, -0.15) is 5.10 Å². The molecule has 16 heavy (non-hydrogen) atoms. The first kappa shape index (κ1) is 10.7. The molecule has 5 heteroatoms. The summed E-state index contributed by atoms with van der Waals surface area (Å²) in [5.41, 5.74) is 8.06. The maximum atomic E-state index is 5.81. The maximum absolute atomic E-state index is 5.81. The predicted molar refractivity (Wildman–Crippen MR) is 63.0 cm³/mol. The summed E-state index contributed by atoms with van der Waals surface area (Å²) in [6.07, 6.45) is 5.63. The van der Waals surface area contributed by atoms with Crippen molar-refractivity contribution in [1.82, 2.24) is 19.3 Å². The molecular weight excluding hydrogens is 202 g/mol. The fourth-order valence-electron chi connectivity index (χ4n) is 1.61. The smallest absolute Gasteiger partial charge is 0.101 e. The summed E-state index contributed by atoms with van der Waals surface area (Å²) < 4.78 is 3.79. The zero-order valence-corrected chi connectivity index (χ0v) is 10.1. The summed E-state index contributed by atoms with van der Waals surface area (Å²) in [5, 5.41) is 4.41. The number of aromatic nitrogens is 4. The van der Waals surface area contributed by atoms with E-state index in [4.69, 9.17) is 5.73 Å². The molecular formula is C11H17N5. The number of aryl methyl sites for hydroxylation is 2. The van der Waals surface area contributed by atoms with Gasteiger partial charge in [-0.15, -0.1) is 0 Å². The van der Waals surface area contributed by atoms with Crippen LogP contribution in [0.3, 0.4) is 0 Å². The summed E-state index contributed by atoms with van der Waals surface area (Å²) in [6.45, 7) is 6.04. The van der Waals surface area contributed by atoms with Gasteiger partial charge in [0.25, 0.3) is 0 Å². The minimum Gasteiger partial charge on any atom is -0.396 e. The normalized spacial score (nSPS) is 12.0. The minimum atomic E-state index is -0.288. The Morgan fingerprint density at radius 1 is 1.31 bits per heavy atom. The molecule has 2 rings (SSSR count). The van der Waals surface area contributed by atoms with Crippen molar-refractivity contribution in [1.29, 1.82) is 0 Å². The second-order valence-corrected chi connectivity index (χ2v) is 4.60. The van der Waals surface area contributed by atoms with Gasteiger partial charge >= 0.3 is 0 Å². The highest BCUT2D eigenvalue weighted by Crippen LogP contribution is 2.24. The molecule has 0 aliphatic carbocycles. The Kier molecular flexibility index (Phi) is 2.26. The van der Waals surface area contributed by atoms with Crippen LogP contribution in [0.2, 0.25) is 0 Å². The lowest BCUT2D eigenvalue weighted by Crippen LogP contribution is -2.28. The summed E-state index contributed by atoms with van der Waals surface area (Å²) >= 11 is 0. The molecule has 0 spiro atoms. The lowest BCUT2D eigenvalue weighted by molar-refractivity contribution is 0.379. The van der Waals surface area contributed by atoms with Gasteiger partial charge in [0.2, 0.25) is 0 Å². The van der Waals surface area contributed by atoms with Crippen molar-refractivity contribution in [2.45, 2.75) is 26.3 Å². The molecule has 0 radical (unpaired) electrons. The molecule has 0 atom stereocenters. The fourth-order valence-corrected chi connectivity index (χ4v) is 1.61. The van der Waals surface area contributed by atoms with Crippen LogP contribution < -0.4 is 5.73 Å². The summed E-state index contributed by atoms with van der Waals surface area (Å²) in [5.74, 6) is 0. The van der Waals surface area contributed by atoms with Crippen molar-refractivity contribution >= 4 is 5.69 Å². The number of hydrogen-bond donors (Lipinski definition) is 1. The molecule has 0 bridgehead atoms. The number of nitrogen functional groups attached to an aromatic ring is 1. The van der Waals surface area contributed by atoms with Crippen molar-refractivity contribution < 1.29 is 0 Å². The third-order valence-corrected chi connectivity index (χ3v) is 2.84. The Hall–Kier alpha value is -1.78. The Morgan fingerprint density at radius 3 is 2.44 bits per heavy atom. The van der Waals surface area contributed by atoms with Gasteiger partial charge in [-0.25, -0.2) is 4.98 Å². The minimum absolute atomic E-state index is 0.288. The number of nitrogens with two attached hydrogens (primary N) is 1. The first-order valence-electron chi connectivity index (χ1n) is 5.22. The monoisotopic (exact) mass is 219 g/mol. The quantitative estimate of drug-likeness (QED) is 0.828. The van der Waals surface area contributed by atoms with Crippen LogP contribution in [-0.4, -0.2) is 19.3 Å². The van der Waals surface area contributed by atoms with Crippen LogP contribution in [0.15, 0.2) is 18.7 Å². The molecule has 2 N–H and O–H groups in total. The van der Waals surface area contributed by atoms with E-state index in [1.54, 1.807) is 6.33 Å². The second kappa shape index (κ2) is 3.37. The van der Waals surface area contributed by atoms with Crippen molar-refractivity contribution in [2.24, 2.45) is 7.05 Å². The number of rotatable bonds is 2. The molecule has 0 aliphatic heterocycles. The van der Waals surface area contributed by atoms with Crippen molar-refractivity contribution in [2.75, 3.05) is 5.73 Å². The molecule has 0 amide bonds. The third-order valence-electron chi connectivity index (χ3n) is 2.84. The summed E-state index contributed by atoms with van der Waals surface area (Å²) in [7, 11) is 1.95. The predicted octanol–water partition coefficient (Wildman–Crippen LogP) is 1.29. The zero-order chi connectivity index (χ0) is 11.9. The van der Waals surface area contributed by atoms with Gasteiger partial charge in [0.15, 0.2) is 0 Å². The van der Waals surface area contributed by atoms with Crippen LogP contribution >= 0.6 is 0 Å². The lowest BCUT2D eigenvalue weighted by atomic mass is 10.0. The van der Waals surface area contributed by atoms with Crippen LogP contribution in [0.1, 0.15) is 25.2 Å². The van der Waals surface area contributed by atoms with E-state index in [0.29, 0.717) is 5.69 Å². The molecule has 0 unspecified atom stereocenters. The van der Waals surface area contributed by atoms with Crippen molar-refractivity contribution in [3.8, 4) is 0 Å². The van der Waals surface area contributed by atoms with E-state index in [0.717, 1.165) is 11.4 Å². The molecule has 5 nitrogen and oxygen atoms in total. The van der Waals surface area contributed by atoms with Crippen LogP contribution in [0.25, 0.3) is 0 Å². The zero-order valence-electron chi connectivity index (χ0n) is 10.1. The van der Waals surface area contributed by atoms with E-state index < -0.39 is 0 Å². The van der Waals surface area contributed by atoms with Gasteiger partial charge in [0, 0.05) is 19.4 Å². The highest BCUT2D eigenvalue weighted by Gasteiger charge is 2.26. The van der Waals surface area contributed by atoms with E-state index in [1.807, 2.05) is 35.6 Å². The highest BCUT2D eigenvalue weighted by atomic mass is 15.3. The summed E-state index contributed by atoms with van der Waals surface area (Å²) in [6, 6.07) is 0. The molecule has 0 aromatic carbocycles. The maximum Gasteiger partial charge on any atom is 0.101 e. The van der Waals surface area contributed by atoms with Crippen LogP contribution in [0, 0.1) is 6.92 Å². The third kappa shape index (κ3) is 1.58. The van der Waals surface area contributed by atoms with Crippen molar-refractivity contribution in [3.05, 3.63) is 30.1 Å². The molecule has 0 saturated carbocycles. The molecule has 0 saturated heterocycles. The number of anilines is 1. The van der Waals surface area contributed by atoms with Crippen LogP contribution in [0.4, 0.5) is 5.69 Å². The molecule has 0 aliphatic rings. The average Bonchev–Trinajstić information content (AvgIpc) is 2.75. The molecule has 2 aromatic heterocycles. The largest absolute Gasteiger partial charge is 0.396 e. The SMILES string of the molecule is Cc1nn(C(C)(C)c2cn(C)cn2)cc1N. The Bertz CT molecular complexity index is 487. The van der Waals surface area contributed by atoms with Crippen LogP contribution in [-0.2, 0) is 12.6 Å². The topological polar surface area (TPSA) is 61.7 Å². The van der Waals surface area contributed by atoms with E-state index in [1.165, 1.54) is 0 Å².